The van der Waals surface area contributed by atoms with Gasteiger partial charge in [-0.2, -0.15) is 4.39 Å². The fourth-order valence-electron chi connectivity index (χ4n) is 1.69. The van der Waals surface area contributed by atoms with Gasteiger partial charge in [0.15, 0.2) is 0 Å². The van der Waals surface area contributed by atoms with Crippen LogP contribution in [0.25, 0.3) is 0 Å². The van der Waals surface area contributed by atoms with Crippen LogP contribution in [0.5, 0.6) is 5.75 Å². The van der Waals surface area contributed by atoms with E-state index in [1.807, 2.05) is 0 Å². The van der Waals surface area contributed by atoms with E-state index in [0.717, 1.165) is 24.3 Å². The summed E-state index contributed by atoms with van der Waals surface area (Å²) in [6.07, 6.45) is 0.474. The highest BCUT2D eigenvalue weighted by Gasteiger charge is 2.13. The SMILES string of the molecule is O=Cc1cc(F)cc(OCc2ccc([N+](=O)[O-])c(F)c2)c1. The first-order chi connectivity index (χ1) is 9.99. The smallest absolute Gasteiger partial charge is 0.304 e. The van der Waals surface area contributed by atoms with Gasteiger partial charge in [0, 0.05) is 17.7 Å². The van der Waals surface area contributed by atoms with E-state index in [1.54, 1.807) is 0 Å². The van der Waals surface area contributed by atoms with Gasteiger partial charge in [-0.1, -0.05) is 0 Å². The highest BCUT2D eigenvalue weighted by Crippen LogP contribution is 2.20. The first-order valence-electron chi connectivity index (χ1n) is 5.81. The van der Waals surface area contributed by atoms with Gasteiger partial charge in [0.1, 0.15) is 24.5 Å². The molecule has 0 aliphatic rings. The molecule has 21 heavy (non-hydrogen) atoms. The number of benzene rings is 2. The van der Waals surface area contributed by atoms with E-state index in [9.17, 15) is 23.7 Å². The van der Waals surface area contributed by atoms with E-state index >= 15 is 0 Å². The van der Waals surface area contributed by atoms with Crippen LogP contribution in [0.4, 0.5) is 14.5 Å². The lowest BCUT2D eigenvalue weighted by Crippen LogP contribution is -1.99. The molecule has 0 N–H and O–H groups in total. The zero-order chi connectivity index (χ0) is 15.4. The summed E-state index contributed by atoms with van der Waals surface area (Å²) in [5.74, 6) is -1.51. The van der Waals surface area contributed by atoms with Gasteiger partial charge in [-0.15, -0.1) is 0 Å². The molecule has 0 aliphatic heterocycles. The number of hydrogen-bond donors (Lipinski definition) is 0. The molecule has 2 rings (SSSR count). The number of nitrogens with zero attached hydrogens (tertiary/aromatic N) is 1. The average Bonchev–Trinajstić information content (AvgIpc) is 2.44. The standard InChI is InChI=1S/C14H9F2NO4/c15-11-3-10(7-18)4-12(6-11)21-8-9-1-2-14(17(19)20)13(16)5-9/h1-7H,8H2. The van der Waals surface area contributed by atoms with Gasteiger partial charge in [-0.05, 0) is 29.8 Å². The molecule has 0 amide bonds. The molecule has 0 atom stereocenters. The lowest BCUT2D eigenvalue weighted by molar-refractivity contribution is -0.387. The van der Waals surface area contributed by atoms with Gasteiger partial charge >= 0.3 is 5.69 Å². The third-order valence-corrected chi connectivity index (χ3v) is 2.64. The summed E-state index contributed by atoms with van der Waals surface area (Å²) < 4.78 is 31.8. The molecule has 0 aliphatic carbocycles. The number of carbonyl (C=O) groups excluding carboxylic acids is 1. The highest BCUT2D eigenvalue weighted by molar-refractivity contribution is 5.75. The van der Waals surface area contributed by atoms with Crippen LogP contribution in [0.2, 0.25) is 0 Å². The van der Waals surface area contributed by atoms with Crippen LogP contribution in [0, 0.1) is 21.7 Å². The molecule has 0 aromatic heterocycles. The Kier molecular flexibility index (Phi) is 4.22. The summed E-state index contributed by atoms with van der Waals surface area (Å²) in [5.41, 5.74) is -0.178. The molecule has 0 saturated carbocycles. The molecule has 0 radical (unpaired) electrons. The van der Waals surface area contributed by atoms with Gasteiger partial charge in [0.25, 0.3) is 0 Å². The van der Waals surface area contributed by atoms with Crippen molar-refractivity contribution in [2.45, 2.75) is 6.61 Å². The first kappa shape index (κ1) is 14.6. The molecule has 0 spiro atoms. The van der Waals surface area contributed by atoms with Gasteiger partial charge in [-0.25, -0.2) is 4.39 Å². The minimum absolute atomic E-state index is 0.107. The highest BCUT2D eigenvalue weighted by atomic mass is 19.1. The predicted molar refractivity (Wildman–Crippen MR) is 69.2 cm³/mol. The Morgan fingerprint density at radius 1 is 1.19 bits per heavy atom. The third kappa shape index (κ3) is 3.59. The topological polar surface area (TPSA) is 69.4 Å². The van der Waals surface area contributed by atoms with Crippen LogP contribution in [0.15, 0.2) is 36.4 Å². The normalized spacial score (nSPS) is 10.2. The van der Waals surface area contributed by atoms with E-state index in [2.05, 4.69) is 0 Å². The quantitative estimate of drug-likeness (QED) is 0.482. The molecule has 2 aromatic carbocycles. The van der Waals surface area contributed by atoms with Crippen LogP contribution < -0.4 is 4.74 Å². The Labute approximate surface area is 117 Å². The van der Waals surface area contributed by atoms with E-state index < -0.39 is 22.2 Å². The number of hydrogen-bond acceptors (Lipinski definition) is 4. The lowest BCUT2D eigenvalue weighted by atomic mass is 10.2. The van der Waals surface area contributed by atoms with Crippen molar-refractivity contribution in [3.8, 4) is 5.75 Å². The van der Waals surface area contributed by atoms with Crippen molar-refractivity contribution in [3.63, 3.8) is 0 Å². The van der Waals surface area contributed by atoms with Gasteiger partial charge in [0.05, 0.1) is 4.92 Å². The Balaban J connectivity index is 2.13. The molecule has 108 valence electrons. The maximum absolute atomic E-state index is 13.4. The van der Waals surface area contributed by atoms with Crippen LogP contribution in [-0.2, 0) is 6.61 Å². The van der Waals surface area contributed by atoms with Crippen LogP contribution >= 0.6 is 0 Å². The molecule has 0 fully saturated rings. The summed E-state index contributed by atoms with van der Waals surface area (Å²) >= 11 is 0. The fraction of sp³-hybridized carbons (Fsp3) is 0.0714. The monoisotopic (exact) mass is 293 g/mol. The zero-order valence-electron chi connectivity index (χ0n) is 10.6. The maximum atomic E-state index is 13.4. The van der Waals surface area contributed by atoms with Crippen molar-refractivity contribution in [1.29, 1.82) is 0 Å². The summed E-state index contributed by atoms with van der Waals surface area (Å²) in [6, 6.07) is 6.79. The third-order valence-electron chi connectivity index (χ3n) is 2.64. The van der Waals surface area contributed by atoms with Gasteiger partial charge in [0.2, 0.25) is 5.82 Å². The summed E-state index contributed by atoms with van der Waals surface area (Å²) in [7, 11) is 0. The molecule has 0 saturated heterocycles. The maximum Gasteiger partial charge on any atom is 0.304 e. The van der Waals surface area contributed by atoms with Crippen molar-refractivity contribution < 1.29 is 23.2 Å². The minimum Gasteiger partial charge on any atom is -0.489 e. The molecule has 0 bridgehead atoms. The van der Waals surface area contributed by atoms with Crippen LogP contribution in [0.1, 0.15) is 15.9 Å². The van der Waals surface area contributed by atoms with E-state index in [0.29, 0.717) is 11.8 Å². The summed E-state index contributed by atoms with van der Waals surface area (Å²) in [5, 5.41) is 10.5. The van der Waals surface area contributed by atoms with Crippen molar-refractivity contribution in [2.24, 2.45) is 0 Å². The van der Waals surface area contributed by atoms with Crippen molar-refractivity contribution >= 4 is 12.0 Å². The average molecular weight is 293 g/mol. The molecule has 2 aromatic rings. The molecular formula is C14H9F2NO4. The Bertz CT molecular complexity index is 703. The molecule has 0 heterocycles. The first-order valence-corrected chi connectivity index (χ1v) is 5.81. The summed E-state index contributed by atoms with van der Waals surface area (Å²) in [4.78, 5) is 20.2. The van der Waals surface area contributed by atoms with Crippen molar-refractivity contribution in [1.82, 2.24) is 0 Å². The predicted octanol–water partition coefficient (Wildman–Crippen LogP) is 3.26. The van der Waals surface area contributed by atoms with E-state index in [-0.39, 0.29) is 17.9 Å². The second-order valence-electron chi connectivity index (χ2n) is 4.17. The Morgan fingerprint density at radius 2 is 1.95 bits per heavy atom. The van der Waals surface area contributed by atoms with Crippen molar-refractivity contribution in [3.05, 3.63) is 69.3 Å². The number of nitro benzene ring substituents is 1. The van der Waals surface area contributed by atoms with Crippen LogP contribution in [0.3, 0.4) is 0 Å². The zero-order valence-corrected chi connectivity index (χ0v) is 10.6. The Morgan fingerprint density at radius 3 is 2.57 bits per heavy atom. The molecule has 5 nitrogen and oxygen atoms in total. The molecule has 7 heteroatoms. The van der Waals surface area contributed by atoms with E-state index in [1.165, 1.54) is 12.1 Å². The number of ether oxygens (including phenoxy) is 1. The number of carbonyl (C=O) groups is 1. The minimum atomic E-state index is -0.978. The second-order valence-corrected chi connectivity index (χ2v) is 4.17. The largest absolute Gasteiger partial charge is 0.489 e. The Hall–Kier alpha value is -2.83. The fourth-order valence-corrected chi connectivity index (χ4v) is 1.69. The number of halogens is 2. The van der Waals surface area contributed by atoms with Crippen molar-refractivity contribution in [2.75, 3.05) is 0 Å². The number of rotatable bonds is 5. The number of nitro groups is 1. The second kappa shape index (κ2) is 6.08. The van der Waals surface area contributed by atoms with Gasteiger partial charge < -0.3 is 4.74 Å². The molecule has 0 unspecified atom stereocenters. The number of aldehydes is 1. The molecular weight excluding hydrogens is 284 g/mol. The van der Waals surface area contributed by atoms with E-state index in [4.69, 9.17) is 4.74 Å². The summed E-state index contributed by atoms with van der Waals surface area (Å²) in [6.45, 7) is -0.114. The van der Waals surface area contributed by atoms with Crippen LogP contribution in [-0.4, -0.2) is 11.2 Å². The lowest BCUT2D eigenvalue weighted by Gasteiger charge is -2.07. The van der Waals surface area contributed by atoms with Gasteiger partial charge in [-0.3, -0.25) is 14.9 Å².